The minimum absolute atomic E-state index is 0.705. The number of nitrogen functional groups attached to an aromatic ring is 1. The number of rotatable bonds is 3. The van der Waals surface area contributed by atoms with Crippen molar-refractivity contribution in [2.75, 3.05) is 5.73 Å². The molecule has 0 amide bonds. The molecule has 1 aromatic carbocycles. The average Bonchev–Trinajstić information content (AvgIpc) is 2.75. The molecule has 0 saturated heterocycles. The van der Waals surface area contributed by atoms with Crippen LogP contribution in [0.5, 0.6) is 0 Å². The summed E-state index contributed by atoms with van der Waals surface area (Å²) in [6.45, 7) is 2.72. The van der Waals surface area contributed by atoms with E-state index in [0.29, 0.717) is 5.82 Å². The van der Waals surface area contributed by atoms with E-state index < -0.39 is 0 Å². The number of nitrogens with zero attached hydrogens (tertiary/aromatic N) is 3. The standard InChI is InChI=1S/C12H14N4/c1-2-3-7-16-9-14-12(15-16)10-5-4-6-11(13)8-10/h2-6,8-9H,7,13H2,1H3/b3-2+. The Morgan fingerprint density at radius 2 is 2.31 bits per heavy atom. The largest absolute Gasteiger partial charge is 0.399 e. The molecule has 2 rings (SSSR count). The van der Waals surface area contributed by atoms with Gasteiger partial charge < -0.3 is 5.73 Å². The van der Waals surface area contributed by atoms with Crippen LogP contribution in [0.25, 0.3) is 11.4 Å². The molecule has 4 nitrogen and oxygen atoms in total. The molecule has 2 aromatic rings. The first kappa shape index (κ1) is 10.4. The van der Waals surface area contributed by atoms with Crippen molar-refractivity contribution < 1.29 is 0 Å². The molecule has 0 atom stereocenters. The lowest BCUT2D eigenvalue weighted by molar-refractivity contribution is 0.701. The first-order valence-corrected chi connectivity index (χ1v) is 5.16. The Hall–Kier alpha value is -2.10. The molecule has 0 saturated carbocycles. The predicted molar refractivity (Wildman–Crippen MR) is 64.7 cm³/mol. The predicted octanol–water partition coefficient (Wildman–Crippen LogP) is 2.10. The maximum absolute atomic E-state index is 5.71. The van der Waals surface area contributed by atoms with E-state index in [1.165, 1.54) is 0 Å². The summed E-state index contributed by atoms with van der Waals surface area (Å²) in [7, 11) is 0. The van der Waals surface area contributed by atoms with Crippen molar-refractivity contribution in [2.24, 2.45) is 0 Å². The fraction of sp³-hybridized carbons (Fsp3) is 0.167. The van der Waals surface area contributed by atoms with Gasteiger partial charge in [0.1, 0.15) is 6.33 Å². The van der Waals surface area contributed by atoms with E-state index >= 15 is 0 Å². The zero-order valence-corrected chi connectivity index (χ0v) is 9.17. The third-order valence-electron chi connectivity index (χ3n) is 2.21. The van der Waals surface area contributed by atoms with Gasteiger partial charge in [0.15, 0.2) is 5.82 Å². The van der Waals surface area contributed by atoms with E-state index in [0.717, 1.165) is 17.8 Å². The Bertz CT molecular complexity index is 499. The summed E-state index contributed by atoms with van der Waals surface area (Å²) in [5, 5.41) is 4.36. The maximum Gasteiger partial charge on any atom is 0.181 e. The van der Waals surface area contributed by atoms with Crippen LogP contribution in [0.15, 0.2) is 42.7 Å². The van der Waals surface area contributed by atoms with Crippen LogP contribution in [0, 0.1) is 0 Å². The van der Waals surface area contributed by atoms with Gasteiger partial charge in [-0.25, -0.2) is 9.67 Å². The molecule has 0 bridgehead atoms. The Morgan fingerprint density at radius 1 is 1.44 bits per heavy atom. The Kier molecular flexibility index (Phi) is 3.00. The normalized spacial score (nSPS) is 11.1. The minimum atomic E-state index is 0.705. The molecular weight excluding hydrogens is 200 g/mol. The van der Waals surface area contributed by atoms with E-state index in [-0.39, 0.29) is 0 Å². The zero-order chi connectivity index (χ0) is 11.4. The van der Waals surface area contributed by atoms with Crippen LogP contribution in [0.3, 0.4) is 0 Å². The summed E-state index contributed by atoms with van der Waals surface area (Å²) in [6.07, 6.45) is 5.73. The number of hydrogen-bond acceptors (Lipinski definition) is 3. The molecule has 1 heterocycles. The SMILES string of the molecule is C/C=C/Cn1cnc(-c2cccc(N)c2)n1. The van der Waals surface area contributed by atoms with Crippen molar-refractivity contribution in [1.29, 1.82) is 0 Å². The number of nitrogens with two attached hydrogens (primary N) is 1. The Balaban J connectivity index is 2.24. The topological polar surface area (TPSA) is 56.7 Å². The van der Waals surface area contributed by atoms with E-state index in [1.807, 2.05) is 43.3 Å². The van der Waals surface area contributed by atoms with Gasteiger partial charge in [-0.1, -0.05) is 24.3 Å². The van der Waals surface area contributed by atoms with Crippen molar-refractivity contribution in [3.8, 4) is 11.4 Å². The summed E-state index contributed by atoms with van der Waals surface area (Å²) >= 11 is 0. The molecule has 4 heteroatoms. The summed E-state index contributed by atoms with van der Waals surface area (Å²) < 4.78 is 1.79. The molecule has 0 aliphatic rings. The first-order valence-electron chi connectivity index (χ1n) is 5.16. The molecule has 16 heavy (non-hydrogen) atoms. The van der Waals surface area contributed by atoms with Crippen molar-refractivity contribution in [3.63, 3.8) is 0 Å². The number of aromatic nitrogens is 3. The van der Waals surface area contributed by atoms with Gasteiger partial charge in [-0.2, -0.15) is 5.10 Å². The summed E-state index contributed by atoms with van der Waals surface area (Å²) in [6, 6.07) is 7.57. The number of hydrogen-bond donors (Lipinski definition) is 1. The van der Waals surface area contributed by atoms with E-state index in [2.05, 4.69) is 10.1 Å². The molecule has 0 radical (unpaired) electrons. The van der Waals surface area contributed by atoms with Crippen LogP contribution in [0.4, 0.5) is 5.69 Å². The second-order valence-corrected chi connectivity index (χ2v) is 3.48. The van der Waals surface area contributed by atoms with Gasteiger partial charge in [0.05, 0.1) is 6.54 Å². The zero-order valence-electron chi connectivity index (χ0n) is 9.17. The van der Waals surface area contributed by atoms with Gasteiger partial charge in [-0.15, -0.1) is 0 Å². The molecular formula is C12H14N4. The third-order valence-corrected chi connectivity index (χ3v) is 2.21. The minimum Gasteiger partial charge on any atom is -0.399 e. The van der Waals surface area contributed by atoms with Crippen molar-refractivity contribution in [1.82, 2.24) is 14.8 Å². The first-order chi connectivity index (χ1) is 7.79. The molecule has 0 spiro atoms. The molecule has 1 aromatic heterocycles. The summed E-state index contributed by atoms with van der Waals surface area (Å²) in [5.41, 5.74) is 7.38. The average molecular weight is 214 g/mol. The molecule has 2 N–H and O–H groups in total. The lowest BCUT2D eigenvalue weighted by Gasteiger charge is -1.97. The van der Waals surface area contributed by atoms with Crippen molar-refractivity contribution in [2.45, 2.75) is 13.5 Å². The summed E-state index contributed by atoms with van der Waals surface area (Å²) in [5.74, 6) is 0.705. The highest BCUT2D eigenvalue weighted by molar-refractivity contribution is 5.60. The van der Waals surface area contributed by atoms with Gasteiger partial charge >= 0.3 is 0 Å². The second-order valence-electron chi connectivity index (χ2n) is 3.48. The molecule has 0 unspecified atom stereocenters. The fourth-order valence-electron chi connectivity index (χ4n) is 1.41. The lowest BCUT2D eigenvalue weighted by Crippen LogP contribution is -1.95. The van der Waals surface area contributed by atoms with E-state index in [1.54, 1.807) is 11.0 Å². The number of allylic oxidation sites excluding steroid dienone is 2. The highest BCUT2D eigenvalue weighted by atomic mass is 15.3. The molecule has 82 valence electrons. The van der Waals surface area contributed by atoms with Crippen LogP contribution in [0.2, 0.25) is 0 Å². The van der Waals surface area contributed by atoms with E-state index in [9.17, 15) is 0 Å². The van der Waals surface area contributed by atoms with Crippen LogP contribution in [0.1, 0.15) is 6.92 Å². The number of anilines is 1. The number of benzene rings is 1. The Labute approximate surface area is 94.4 Å². The monoisotopic (exact) mass is 214 g/mol. The molecule has 0 fully saturated rings. The lowest BCUT2D eigenvalue weighted by atomic mass is 10.2. The quantitative estimate of drug-likeness (QED) is 0.628. The highest BCUT2D eigenvalue weighted by Gasteiger charge is 2.03. The molecule has 0 aliphatic heterocycles. The second kappa shape index (κ2) is 4.61. The van der Waals surface area contributed by atoms with Crippen molar-refractivity contribution >= 4 is 5.69 Å². The van der Waals surface area contributed by atoms with Gasteiger partial charge in [0, 0.05) is 11.3 Å². The van der Waals surface area contributed by atoms with Crippen LogP contribution < -0.4 is 5.73 Å². The fourth-order valence-corrected chi connectivity index (χ4v) is 1.41. The smallest absolute Gasteiger partial charge is 0.181 e. The van der Waals surface area contributed by atoms with Crippen molar-refractivity contribution in [3.05, 3.63) is 42.7 Å². The van der Waals surface area contributed by atoms with Gasteiger partial charge in [0.2, 0.25) is 0 Å². The van der Waals surface area contributed by atoms with Gasteiger partial charge in [-0.05, 0) is 19.1 Å². The van der Waals surface area contributed by atoms with E-state index in [4.69, 9.17) is 5.73 Å². The van der Waals surface area contributed by atoms with Crippen LogP contribution in [-0.4, -0.2) is 14.8 Å². The van der Waals surface area contributed by atoms with Gasteiger partial charge in [0.25, 0.3) is 0 Å². The van der Waals surface area contributed by atoms with Crippen LogP contribution in [-0.2, 0) is 6.54 Å². The highest BCUT2D eigenvalue weighted by Crippen LogP contribution is 2.16. The summed E-state index contributed by atoms with van der Waals surface area (Å²) in [4.78, 5) is 4.24. The Morgan fingerprint density at radius 3 is 3.06 bits per heavy atom. The van der Waals surface area contributed by atoms with Gasteiger partial charge in [-0.3, -0.25) is 0 Å². The third kappa shape index (κ3) is 2.28. The molecule has 0 aliphatic carbocycles. The van der Waals surface area contributed by atoms with Crippen LogP contribution >= 0.6 is 0 Å². The maximum atomic E-state index is 5.71.